The summed E-state index contributed by atoms with van der Waals surface area (Å²) in [6.07, 6.45) is -2.74. The minimum absolute atomic E-state index is 0.0640. The van der Waals surface area contributed by atoms with Crippen LogP contribution in [0.4, 0.5) is 8.78 Å². The molecule has 1 aromatic heterocycles. The molecule has 136 valence electrons. The van der Waals surface area contributed by atoms with Crippen molar-refractivity contribution in [1.82, 2.24) is 9.78 Å². The van der Waals surface area contributed by atoms with Crippen LogP contribution in [0, 0.1) is 0 Å². The molecule has 0 saturated heterocycles. The van der Waals surface area contributed by atoms with Gasteiger partial charge in [-0.2, -0.15) is 5.10 Å². The van der Waals surface area contributed by atoms with Gasteiger partial charge in [-0.25, -0.2) is 27.0 Å². The number of hydrogen-bond donors (Lipinski definition) is 1. The van der Waals surface area contributed by atoms with E-state index in [1.54, 1.807) is 24.3 Å². The lowest BCUT2D eigenvalue weighted by Crippen LogP contribution is -2.11. The Morgan fingerprint density at radius 1 is 1.08 bits per heavy atom. The van der Waals surface area contributed by atoms with Gasteiger partial charge in [0.25, 0.3) is 6.43 Å². The van der Waals surface area contributed by atoms with Crippen molar-refractivity contribution in [3.05, 3.63) is 60.3 Å². The fourth-order valence-electron chi connectivity index (χ4n) is 2.45. The summed E-state index contributed by atoms with van der Waals surface area (Å²) in [5.74, 6) is 0.619. The Morgan fingerprint density at radius 2 is 1.69 bits per heavy atom. The summed E-state index contributed by atoms with van der Waals surface area (Å²) >= 11 is 0. The zero-order valence-electron chi connectivity index (χ0n) is 13.6. The molecule has 2 aromatic carbocycles. The quantitative estimate of drug-likeness (QED) is 0.738. The van der Waals surface area contributed by atoms with Crippen LogP contribution in [0.1, 0.15) is 12.1 Å². The highest BCUT2D eigenvalue weighted by Crippen LogP contribution is 2.29. The van der Waals surface area contributed by atoms with Crippen molar-refractivity contribution in [2.24, 2.45) is 5.14 Å². The molecule has 0 aliphatic rings. The van der Waals surface area contributed by atoms with E-state index in [4.69, 9.17) is 9.88 Å². The molecule has 0 spiro atoms. The molecule has 0 atom stereocenters. The third-order valence-electron chi connectivity index (χ3n) is 3.75. The summed E-state index contributed by atoms with van der Waals surface area (Å²) in [5.41, 5.74) is 1.09. The van der Waals surface area contributed by atoms with E-state index in [-0.39, 0.29) is 10.6 Å². The number of primary sulfonamides is 1. The molecule has 3 aromatic rings. The SMILES string of the molecule is COc1ccc(-n2nc(C(F)F)cc2-c2ccc(S(N)(=O)=O)cc2)cc1. The molecule has 6 nitrogen and oxygen atoms in total. The fraction of sp³-hybridized carbons (Fsp3) is 0.118. The predicted octanol–water partition coefficient (Wildman–Crippen LogP) is 3.13. The van der Waals surface area contributed by atoms with Gasteiger partial charge >= 0.3 is 0 Å². The molecular weight excluding hydrogens is 364 g/mol. The molecule has 0 aliphatic heterocycles. The van der Waals surface area contributed by atoms with Gasteiger partial charge in [0.1, 0.15) is 11.4 Å². The first-order valence-corrected chi connectivity index (χ1v) is 9.00. The maximum atomic E-state index is 13.1. The molecular formula is C17H15F2N3O3S. The van der Waals surface area contributed by atoms with Crippen LogP contribution in [0.3, 0.4) is 0 Å². The van der Waals surface area contributed by atoms with Crippen LogP contribution in [0.5, 0.6) is 5.75 Å². The second kappa shape index (κ2) is 6.85. The highest BCUT2D eigenvalue weighted by Gasteiger charge is 2.18. The van der Waals surface area contributed by atoms with E-state index in [1.807, 2.05) is 0 Å². The zero-order valence-corrected chi connectivity index (χ0v) is 14.5. The number of rotatable bonds is 5. The molecule has 1 heterocycles. The maximum Gasteiger partial charge on any atom is 0.282 e. The second-order valence-corrected chi connectivity index (χ2v) is 7.00. The van der Waals surface area contributed by atoms with Crippen LogP contribution in [0.25, 0.3) is 16.9 Å². The van der Waals surface area contributed by atoms with Crippen molar-refractivity contribution in [1.29, 1.82) is 0 Å². The summed E-state index contributed by atoms with van der Waals surface area (Å²) in [7, 11) is -2.31. The summed E-state index contributed by atoms with van der Waals surface area (Å²) in [6.45, 7) is 0. The molecule has 0 aliphatic carbocycles. The van der Waals surface area contributed by atoms with Crippen LogP contribution in [-0.2, 0) is 10.0 Å². The Morgan fingerprint density at radius 3 is 2.19 bits per heavy atom. The van der Waals surface area contributed by atoms with Crippen LogP contribution < -0.4 is 9.88 Å². The Bertz CT molecular complexity index is 1010. The Kier molecular flexibility index (Phi) is 4.75. The minimum atomic E-state index is -3.84. The lowest BCUT2D eigenvalue weighted by molar-refractivity contribution is 0.145. The lowest BCUT2D eigenvalue weighted by atomic mass is 10.1. The summed E-state index contributed by atoms with van der Waals surface area (Å²) in [4.78, 5) is -0.0640. The van der Waals surface area contributed by atoms with Gasteiger partial charge in [-0.15, -0.1) is 0 Å². The fourth-order valence-corrected chi connectivity index (χ4v) is 2.96. The number of nitrogens with zero attached hydrogens (tertiary/aromatic N) is 2. The normalized spacial score (nSPS) is 11.7. The lowest BCUT2D eigenvalue weighted by Gasteiger charge is -2.09. The molecule has 0 amide bonds. The van der Waals surface area contributed by atoms with Crippen LogP contribution in [0.2, 0.25) is 0 Å². The molecule has 0 saturated carbocycles. The van der Waals surface area contributed by atoms with E-state index < -0.39 is 16.4 Å². The first-order valence-electron chi connectivity index (χ1n) is 7.45. The van der Waals surface area contributed by atoms with Gasteiger partial charge in [0.05, 0.1) is 23.4 Å². The first kappa shape index (κ1) is 18.0. The highest BCUT2D eigenvalue weighted by atomic mass is 32.2. The van der Waals surface area contributed by atoms with Gasteiger partial charge < -0.3 is 4.74 Å². The summed E-state index contributed by atoms with van der Waals surface area (Å²) in [6, 6.07) is 13.6. The monoisotopic (exact) mass is 379 g/mol. The van der Waals surface area contributed by atoms with Crippen molar-refractivity contribution in [2.45, 2.75) is 11.3 Å². The third kappa shape index (κ3) is 3.58. The first-order chi connectivity index (χ1) is 12.3. The number of nitrogens with two attached hydrogens (primary N) is 1. The van der Waals surface area contributed by atoms with Crippen LogP contribution >= 0.6 is 0 Å². The average molecular weight is 379 g/mol. The van der Waals surface area contributed by atoms with Crippen molar-refractivity contribution in [3.63, 3.8) is 0 Å². The molecule has 0 unspecified atom stereocenters. The number of halogens is 2. The summed E-state index contributed by atoms with van der Waals surface area (Å²) in [5, 5.41) is 9.05. The number of sulfonamides is 1. The minimum Gasteiger partial charge on any atom is -0.497 e. The molecule has 0 radical (unpaired) electrons. The molecule has 9 heteroatoms. The van der Waals surface area contributed by atoms with E-state index in [1.165, 1.54) is 42.1 Å². The van der Waals surface area contributed by atoms with Gasteiger partial charge in [-0.3, -0.25) is 0 Å². The largest absolute Gasteiger partial charge is 0.497 e. The molecule has 26 heavy (non-hydrogen) atoms. The van der Waals surface area contributed by atoms with E-state index in [0.717, 1.165) is 0 Å². The Balaban J connectivity index is 2.10. The van der Waals surface area contributed by atoms with Crippen molar-refractivity contribution < 1.29 is 21.9 Å². The predicted molar refractivity (Wildman–Crippen MR) is 91.9 cm³/mol. The number of aromatic nitrogens is 2. The van der Waals surface area contributed by atoms with E-state index >= 15 is 0 Å². The topological polar surface area (TPSA) is 87.2 Å². The van der Waals surface area contributed by atoms with Gasteiger partial charge in [0.2, 0.25) is 10.0 Å². The number of hydrogen-bond acceptors (Lipinski definition) is 4. The van der Waals surface area contributed by atoms with Gasteiger partial charge in [0, 0.05) is 5.56 Å². The van der Waals surface area contributed by atoms with Crippen LogP contribution in [0.15, 0.2) is 59.5 Å². The van der Waals surface area contributed by atoms with Crippen molar-refractivity contribution >= 4 is 10.0 Å². The Hall–Kier alpha value is -2.78. The summed E-state index contributed by atoms with van der Waals surface area (Å²) < 4.78 is 55.5. The highest BCUT2D eigenvalue weighted by molar-refractivity contribution is 7.89. The maximum absolute atomic E-state index is 13.1. The molecule has 2 N–H and O–H groups in total. The van der Waals surface area contributed by atoms with Gasteiger partial charge in [0.15, 0.2) is 0 Å². The van der Waals surface area contributed by atoms with Crippen molar-refractivity contribution in [2.75, 3.05) is 7.11 Å². The standard InChI is InChI=1S/C17H15F2N3O3S/c1-25-13-6-4-12(5-7-13)22-16(10-15(21-22)17(18)19)11-2-8-14(9-3-11)26(20,23)24/h2-10,17H,1H3,(H2,20,23,24). The molecule has 3 rings (SSSR count). The third-order valence-corrected chi connectivity index (χ3v) is 4.68. The Labute approximate surface area is 148 Å². The zero-order chi connectivity index (χ0) is 18.9. The number of methoxy groups -OCH3 is 1. The number of alkyl halides is 2. The number of benzene rings is 2. The molecule has 0 fully saturated rings. The average Bonchev–Trinajstić information content (AvgIpc) is 3.07. The number of ether oxygens (including phenoxy) is 1. The van der Waals surface area contributed by atoms with E-state index in [2.05, 4.69) is 5.10 Å². The molecule has 0 bridgehead atoms. The van der Waals surface area contributed by atoms with E-state index in [0.29, 0.717) is 22.7 Å². The second-order valence-electron chi connectivity index (χ2n) is 5.43. The van der Waals surface area contributed by atoms with E-state index in [9.17, 15) is 17.2 Å². The van der Waals surface area contributed by atoms with Gasteiger partial charge in [-0.1, -0.05) is 12.1 Å². The van der Waals surface area contributed by atoms with Crippen LogP contribution in [-0.4, -0.2) is 25.3 Å². The smallest absolute Gasteiger partial charge is 0.282 e. The van der Waals surface area contributed by atoms with Crippen molar-refractivity contribution in [3.8, 4) is 22.7 Å². The van der Waals surface area contributed by atoms with Gasteiger partial charge in [-0.05, 0) is 42.5 Å².